The molecule has 0 aromatic heterocycles. The molecular weight excluding hydrogens is 130 g/mol. The van der Waals surface area contributed by atoms with Crippen molar-refractivity contribution in [3.8, 4) is 0 Å². The van der Waals surface area contributed by atoms with Gasteiger partial charge in [-0.25, -0.2) is 8.42 Å². The van der Waals surface area contributed by atoms with Crippen LogP contribution in [-0.4, -0.2) is 20.7 Å². The van der Waals surface area contributed by atoms with Gasteiger partial charge < -0.3 is 0 Å². The standard InChI is InChI=1S/C2H5N3O2S/c3-5-4-1-2-8(6)7/h8H,1-2H2. The lowest BCUT2D eigenvalue weighted by Gasteiger charge is -1.74. The molecule has 0 N–H and O–H groups in total. The van der Waals surface area contributed by atoms with E-state index in [1.54, 1.807) is 0 Å². The quantitative estimate of drug-likeness (QED) is 0.254. The molecule has 0 fully saturated rings. The zero-order valence-electron chi connectivity index (χ0n) is 4.02. The highest BCUT2D eigenvalue weighted by Gasteiger charge is 1.80. The molecule has 0 rings (SSSR count). The monoisotopic (exact) mass is 135 g/mol. The Balaban J connectivity index is 3.32. The number of thiol groups is 1. The molecular formula is C2H5N3O2S. The minimum Gasteiger partial charge on any atom is -0.232 e. The van der Waals surface area contributed by atoms with Crippen LogP contribution in [0, 0.1) is 0 Å². The molecule has 0 aromatic carbocycles. The Morgan fingerprint density at radius 2 is 2.25 bits per heavy atom. The first kappa shape index (κ1) is 7.26. The first-order valence-corrected chi connectivity index (χ1v) is 3.26. The maximum absolute atomic E-state index is 9.73. The molecule has 0 aliphatic heterocycles. The van der Waals surface area contributed by atoms with Gasteiger partial charge in [0.25, 0.3) is 0 Å². The second-order valence-corrected chi connectivity index (χ2v) is 2.12. The highest BCUT2D eigenvalue weighted by molar-refractivity contribution is 7.72. The minimum absolute atomic E-state index is 0.0369. The average Bonchev–Trinajstić information content (AvgIpc) is 1.66. The van der Waals surface area contributed by atoms with Crippen molar-refractivity contribution < 1.29 is 8.42 Å². The van der Waals surface area contributed by atoms with Gasteiger partial charge in [0.1, 0.15) is 10.7 Å². The molecule has 6 heteroatoms. The molecule has 0 amide bonds. The largest absolute Gasteiger partial charge is 0.232 e. The zero-order chi connectivity index (χ0) is 6.41. The van der Waals surface area contributed by atoms with Crippen molar-refractivity contribution in [2.45, 2.75) is 0 Å². The van der Waals surface area contributed by atoms with Gasteiger partial charge in [-0.2, -0.15) is 0 Å². The first-order valence-electron chi connectivity index (χ1n) is 1.90. The fraction of sp³-hybridized carbons (Fsp3) is 1.00. The van der Waals surface area contributed by atoms with Crippen molar-refractivity contribution in [2.24, 2.45) is 5.11 Å². The van der Waals surface area contributed by atoms with Crippen LogP contribution >= 0.6 is 0 Å². The van der Waals surface area contributed by atoms with E-state index >= 15 is 0 Å². The van der Waals surface area contributed by atoms with Crippen molar-refractivity contribution in [3.05, 3.63) is 10.4 Å². The second kappa shape index (κ2) is 4.42. The predicted octanol–water partition coefficient (Wildman–Crippen LogP) is -0.0919. The van der Waals surface area contributed by atoms with Crippen LogP contribution in [0.15, 0.2) is 5.11 Å². The third-order valence-corrected chi connectivity index (χ3v) is 1.01. The van der Waals surface area contributed by atoms with Crippen LogP contribution < -0.4 is 0 Å². The number of rotatable bonds is 3. The highest BCUT2D eigenvalue weighted by Crippen LogP contribution is 1.70. The molecule has 8 heavy (non-hydrogen) atoms. The predicted molar refractivity (Wildman–Crippen MR) is 29.2 cm³/mol. The van der Waals surface area contributed by atoms with Gasteiger partial charge in [0.2, 0.25) is 0 Å². The summed E-state index contributed by atoms with van der Waals surface area (Å²) in [5, 5.41) is 3.01. The lowest BCUT2D eigenvalue weighted by atomic mass is 10.8. The minimum atomic E-state index is -2.38. The average molecular weight is 135 g/mol. The Kier molecular flexibility index (Phi) is 4.01. The SMILES string of the molecule is [N-]=[N+]=NCC[SH](=O)=O. The number of azide groups is 1. The summed E-state index contributed by atoms with van der Waals surface area (Å²) in [4.78, 5) is 2.37. The smallest absolute Gasteiger partial charge is 0.140 e. The van der Waals surface area contributed by atoms with Gasteiger partial charge in [0.15, 0.2) is 0 Å². The fourth-order valence-electron chi connectivity index (χ4n) is 0.171. The van der Waals surface area contributed by atoms with Crippen LogP contribution in [-0.2, 0) is 10.7 Å². The van der Waals surface area contributed by atoms with Crippen LogP contribution in [0.4, 0.5) is 0 Å². The van der Waals surface area contributed by atoms with E-state index in [0.29, 0.717) is 0 Å². The van der Waals surface area contributed by atoms with Crippen molar-refractivity contribution in [2.75, 3.05) is 12.3 Å². The maximum atomic E-state index is 9.73. The Bertz CT molecular complexity index is 160. The molecule has 0 saturated carbocycles. The fourth-order valence-corrected chi connectivity index (χ4v) is 0.424. The van der Waals surface area contributed by atoms with Crippen LogP contribution in [0.2, 0.25) is 0 Å². The molecule has 0 bridgehead atoms. The lowest BCUT2D eigenvalue weighted by molar-refractivity contribution is 0.614. The molecule has 0 spiro atoms. The summed E-state index contributed by atoms with van der Waals surface area (Å²) in [5.74, 6) is -0.0562. The van der Waals surface area contributed by atoms with Crippen molar-refractivity contribution in [1.82, 2.24) is 0 Å². The van der Waals surface area contributed by atoms with Gasteiger partial charge >= 0.3 is 0 Å². The van der Waals surface area contributed by atoms with E-state index in [4.69, 9.17) is 5.53 Å². The van der Waals surface area contributed by atoms with E-state index < -0.39 is 10.7 Å². The molecule has 0 unspecified atom stereocenters. The third-order valence-electron chi connectivity index (χ3n) is 0.446. The molecule has 0 aromatic rings. The lowest BCUT2D eigenvalue weighted by Crippen LogP contribution is -1.89. The highest BCUT2D eigenvalue weighted by atomic mass is 32.2. The summed E-state index contributed by atoms with van der Waals surface area (Å²) >= 11 is 0. The Morgan fingerprint density at radius 1 is 1.62 bits per heavy atom. The van der Waals surface area contributed by atoms with Gasteiger partial charge in [-0.1, -0.05) is 5.11 Å². The van der Waals surface area contributed by atoms with Crippen molar-refractivity contribution >= 4 is 10.7 Å². The molecule has 5 nitrogen and oxygen atoms in total. The van der Waals surface area contributed by atoms with Crippen LogP contribution in [0.3, 0.4) is 0 Å². The molecule has 0 aliphatic carbocycles. The second-order valence-electron chi connectivity index (χ2n) is 1.01. The van der Waals surface area contributed by atoms with E-state index in [-0.39, 0.29) is 12.3 Å². The maximum Gasteiger partial charge on any atom is 0.140 e. The van der Waals surface area contributed by atoms with E-state index in [1.807, 2.05) is 0 Å². The summed E-state index contributed by atoms with van der Waals surface area (Å²) < 4.78 is 19.5. The summed E-state index contributed by atoms with van der Waals surface area (Å²) in [6, 6.07) is 0. The summed E-state index contributed by atoms with van der Waals surface area (Å²) in [6.45, 7) is 0.0369. The summed E-state index contributed by atoms with van der Waals surface area (Å²) in [6.07, 6.45) is 0. The van der Waals surface area contributed by atoms with Crippen molar-refractivity contribution in [3.63, 3.8) is 0 Å². The Morgan fingerprint density at radius 3 is 2.62 bits per heavy atom. The Hall–Kier alpha value is -0.740. The van der Waals surface area contributed by atoms with Gasteiger partial charge in [-0.3, -0.25) is 0 Å². The van der Waals surface area contributed by atoms with Crippen LogP contribution in [0.25, 0.3) is 10.4 Å². The van der Waals surface area contributed by atoms with E-state index in [9.17, 15) is 8.42 Å². The topological polar surface area (TPSA) is 82.9 Å². The number of nitrogens with zero attached hydrogens (tertiary/aromatic N) is 3. The summed E-state index contributed by atoms with van der Waals surface area (Å²) in [5.41, 5.74) is 7.64. The van der Waals surface area contributed by atoms with Crippen LogP contribution in [0.1, 0.15) is 0 Å². The van der Waals surface area contributed by atoms with E-state index in [0.717, 1.165) is 0 Å². The normalized spacial score (nSPS) is 8.62. The van der Waals surface area contributed by atoms with Crippen LogP contribution in [0.5, 0.6) is 0 Å². The molecule has 46 valence electrons. The molecule has 0 heterocycles. The number of hydrogen-bond acceptors (Lipinski definition) is 3. The molecule has 0 aliphatic rings. The molecule has 0 atom stereocenters. The van der Waals surface area contributed by atoms with Gasteiger partial charge in [0.05, 0.1) is 5.75 Å². The van der Waals surface area contributed by atoms with E-state index in [2.05, 4.69) is 10.0 Å². The Labute approximate surface area is 47.9 Å². The summed E-state index contributed by atoms with van der Waals surface area (Å²) in [7, 11) is -2.38. The van der Waals surface area contributed by atoms with Gasteiger partial charge in [-0.15, -0.1) is 0 Å². The third kappa shape index (κ3) is 5.26. The first-order chi connectivity index (χ1) is 3.77. The van der Waals surface area contributed by atoms with E-state index in [1.165, 1.54) is 0 Å². The molecule has 0 saturated heterocycles. The van der Waals surface area contributed by atoms with Gasteiger partial charge in [0, 0.05) is 11.5 Å². The molecule has 0 radical (unpaired) electrons. The van der Waals surface area contributed by atoms with Crippen molar-refractivity contribution in [1.29, 1.82) is 0 Å². The number of hydrogen-bond donors (Lipinski definition) is 1. The van der Waals surface area contributed by atoms with Gasteiger partial charge in [-0.05, 0) is 5.53 Å². The zero-order valence-corrected chi connectivity index (χ0v) is 4.91.